The number of carbonyl (C=O) groups is 1. The molecule has 0 unspecified atom stereocenters. The van der Waals surface area contributed by atoms with Crippen molar-refractivity contribution in [3.8, 4) is 0 Å². The molecule has 1 aliphatic heterocycles. The third-order valence-electron chi connectivity index (χ3n) is 3.28. The molecule has 1 aromatic heterocycles. The number of aryl methyl sites for hydroxylation is 1. The van der Waals surface area contributed by atoms with Crippen molar-refractivity contribution in [1.82, 2.24) is 4.90 Å². The van der Waals surface area contributed by atoms with Crippen molar-refractivity contribution in [3.63, 3.8) is 0 Å². The van der Waals surface area contributed by atoms with Crippen molar-refractivity contribution in [2.45, 2.75) is 19.8 Å². The number of amides is 1. The predicted octanol–water partition coefficient (Wildman–Crippen LogP) is 2.98. The Morgan fingerprint density at radius 1 is 1.24 bits per heavy atom. The Kier molecular flexibility index (Phi) is 2.39. The Labute approximate surface area is 100 Å². The molecule has 1 saturated heterocycles. The maximum absolute atomic E-state index is 12.1. The lowest BCUT2D eigenvalue weighted by Gasteiger charge is -2.12. The van der Waals surface area contributed by atoms with E-state index in [1.165, 1.54) is 5.56 Å². The maximum Gasteiger partial charge on any atom is 0.289 e. The molecule has 1 aliphatic rings. The monoisotopic (exact) mass is 229 g/mol. The fraction of sp³-hybridized carbons (Fsp3) is 0.357. The number of hydrogen-bond donors (Lipinski definition) is 0. The summed E-state index contributed by atoms with van der Waals surface area (Å²) in [5, 5.41) is 1.01. The third-order valence-corrected chi connectivity index (χ3v) is 3.28. The highest BCUT2D eigenvalue weighted by Gasteiger charge is 2.22. The minimum atomic E-state index is 0.0244. The summed E-state index contributed by atoms with van der Waals surface area (Å²) in [5.74, 6) is 0.490. The van der Waals surface area contributed by atoms with Crippen LogP contribution in [0.3, 0.4) is 0 Å². The van der Waals surface area contributed by atoms with Gasteiger partial charge in [-0.05, 0) is 38.0 Å². The van der Waals surface area contributed by atoms with Gasteiger partial charge in [0.2, 0.25) is 0 Å². The molecule has 1 fully saturated rings. The van der Waals surface area contributed by atoms with Crippen LogP contribution < -0.4 is 0 Å². The second-order valence-corrected chi connectivity index (χ2v) is 4.65. The molecule has 0 atom stereocenters. The number of rotatable bonds is 1. The Bertz CT molecular complexity index is 565. The zero-order valence-corrected chi connectivity index (χ0v) is 9.90. The van der Waals surface area contributed by atoms with Gasteiger partial charge in [0.1, 0.15) is 5.58 Å². The fourth-order valence-corrected chi connectivity index (χ4v) is 2.34. The summed E-state index contributed by atoms with van der Waals surface area (Å²) >= 11 is 0. The number of benzene rings is 1. The van der Waals surface area contributed by atoms with Crippen LogP contribution in [0.15, 0.2) is 28.7 Å². The van der Waals surface area contributed by atoms with Gasteiger partial charge in [0, 0.05) is 18.5 Å². The molecule has 2 heterocycles. The summed E-state index contributed by atoms with van der Waals surface area (Å²) in [6, 6.07) is 7.81. The first kappa shape index (κ1) is 10.4. The number of furan rings is 1. The first-order valence-corrected chi connectivity index (χ1v) is 6.03. The van der Waals surface area contributed by atoms with Crippen molar-refractivity contribution >= 4 is 16.9 Å². The average molecular weight is 229 g/mol. The van der Waals surface area contributed by atoms with Gasteiger partial charge in [-0.1, -0.05) is 11.6 Å². The Hall–Kier alpha value is -1.77. The van der Waals surface area contributed by atoms with Crippen LogP contribution in [0.1, 0.15) is 29.0 Å². The molecule has 88 valence electrons. The van der Waals surface area contributed by atoms with E-state index in [2.05, 4.69) is 0 Å². The minimum absolute atomic E-state index is 0.0244. The molecule has 17 heavy (non-hydrogen) atoms. The number of fused-ring (bicyclic) bond motifs is 1. The van der Waals surface area contributed by atoms with Gasteiger partial charge in [0.15, 0.2) is 5.76 Å². The summed E-state index contributed by atoms with van der Waals surface area (Å²) < 4.78 is 5.61. The molecular formula is C14H15NO2. The molecule has 1 amide bonds. The second-order valence-electron chi connectivity index (χ2n) is 4.65. The van der Waals surface area contributed by atoms with Gasteiger partial charge < -0.3 is 9.32 Å². The molecule has 3 nitrogen and oxygen atoms in total. The van der Waals surface area contributed by atoms with Gasteiger partial charge in [0.05, 0.1) is 0 Å². The number of carbonyl (C=O) groups excluding carboxylic acids is 1. The van der Waals surface area contributed by atoms with Crippen LogP contribution in [-0.4, -0.2) is 23.9 Å². The molecule has 0 saturated carbocycles. The molecule has 0 bridgehead atoms. The van der Waals surface area contributed by atoms with Crippen molar-refractivity contribution in [2.24, 2.45) is 0 Å². The molecule has 3 rings (SSSR count). The van der Waals surface area contributed by atoms with E-state index < -0.39 is 0 Å². The van der Waals surface area contributed by atoms with Crippen LogP contribution in [0.5, 0.6) is 0 Å². The van der Waals surface area contributed by atoms with Crippen LogP contribution in [0.25, 0.3) is 11.0 Å². The predicted molar refractivity (Wildman–Crippen MR) is 66.1 cm³/mol. The van der Waals surface area contributed by atoms with E-state index in [1.807, 2.05) is 36.1 Å². The summed E-state index contributed by atoms with van der Waals surface area (Å²) in [7, 11) is 0. The quantitative estimate of drug-likeness (QED) is 0.753. The van der Waals surface area contributed by atoms with Crippen molar-refractivity contribution < 1.29 is 9.21 Å². The van der Waals surface area contributed by atoms with Crippen LogP contribution >= 0.6 is 0 Å². The molecular weight excluding hydrogens is 214 g/mol. The first-order chi connectivity index (χ1) is 8.24. The van der Waals surface area contributed by atoms with E-state index in [-0.39, 0.29) is 5.91 Å². The molecule has 2 aromatic rings. The SMILES string of the molecule is Cc1ccc2oc(C(=O)N3CCCC3)cc2c1. The van der Waals surface area contributed by atoms with Gasteiger partial charge in [-0.2, -0.15) is 0 Å². The van der Waals surface area contributed by atoms with Crippen LogP contribution in [0.2, 0.25) is 0 Å². The lowest BCUT2D eigenvalue weighted by atomic mass is 10.2. The average Bonchev–Trinajstić information content (AvgIpc) is 2.96. The second kappa shape index (κ2) is 3.91. The van der Waals surface area contributed by atoms with Crippen molar-refractivity contribution in [3.05, 3.63) is 35.6 Å². The van der Waals surface area contributed by atoms with E-state index in [0.717, 1.165) is 36.9 Å². The Morgan fingerprint density at radius 2 is 2.00 bits per heavy atom. The van der Waals surface area contributed by atoms with Crippen molar-refractivity contribution in [1.29, 1.82) is 0 Å². The maximum atomic E-state index is 12.1. The zero-order chi connectivity index (χ0) is 11.8. The van der Waals surface area contributed by atoms with Gasteiger partial charge in [-0.25, -0.2) is 0 Å². The fourth-order valence-electron chi connectivity index (χ4n) is 2.34. The van der Waals surface area contributed by atoms with Gasteiger partial charge >= 0.3 is 0 Å². The Morgan fingerprint density at radius 3 is 2.76 bits per heavy atom. The first-order valence-electron chi connectivity index (χ1n) is 6.03. The standard InChI is InChI=1S/C14H15NO2/c1-10-4-5-12-11(8-10)9-13(17-12)14(16)15-6-2-3-7-15/h4-5,8-9H,2-3,6-7H2,1H3. The largest absolute Gasteiger partial charge is 0.451 e. The van der Waals surface area contributed by atoms with Gasteiger partial charge in [-0.15, -0.1) is 0 Å². The molecule has 0 aliphatic carbocycles. The highest BCUT2D eigenvalue weighted by molar-refractivity contribution is 5.96. The Balaban J connectivity index is 1.97. The van der Waals surface area contributed by atoms with E-state index in [9.17, 15) is 4.79 Å². The molecule has 0 radical (unpaired) electrons. The number of hydrogen-bond acceptors (Lipinski definition) is 2. The van der Waals surface area contributed by atoms with E-state index >= 15 is 0 Å². The molecule has 0 spiro atoms. The zero-order valence-electron chi connectivity index (χ0n) is 9.90. The summed E-state index contributed by atoms with van der Waals surface area (Å²) in [4.78, 5) is 14.0. The topological polar surface area (TPSA) is 33.5 Å². The van der Waals surface area contributed by atoms with Crippen LogP contribution in [-0.2, 0) is 0 Å². The van der Waals surface area contributed by atoms with E-state index in [1.54, 1.807) is 0 Å². The smallest absolute Gasteiger partial charge is 0.289 e. The normalized spacial score (nSPS) is 15.7. The number of likely N-dealkylation sites (tertiary alicyclic amines) is 1. The van der Waals surface area contributed by atoms with Crippen LogP contribution in [0.4, 0.5) is 0 Å². The minimum Gasteiger partial charge on any atom is -0.451 e. The summed E-state index contributed by atoms with van der Waals surface area (Å²) in [6.45, 7) is 3.75. The highest BCUT2D eigenvalue weighted by Crippen LogP contribution is 2.22. The molecule has 3 heteroatoms. The summed E-state index contributed by atoms with van der Waals surface area (Å²) in [6.07, 6.45) is 2.20. The molecule has 1 aromatic carbocycles. The highest BCUT2D eigenvalue weighted by atomic mass is 16.3. The third kappa shape index (κ3) is 1.82. The van der Waals surface area contributed by atoms with Crippen LogP contribution in [0, 0.1) is 6.92 Å². The summed E-state index contributed by atoms with van der Waals surface area (Å²) in [5.41, 5.74) is 1.97. The lowest BCUT2D eigenvalue weighted by molar-refractivity contribution is 0.0763. The van der Waals surface area contributed by atoms with Gasteiger partial charge in [0.25, 0.3) is 5.91 Å². The number of nitrogens with zero attached hydrogens (tertiary/aromatic N) is 1. The van der Waals surface area contributed by atoms with E-state index in [4.69, 9.17) is 4.42 Å². The van der Waals surface area contributed by atoms with Gasteiger partial charge in [-0.3, -0.25) is 4.79 Å². The molecule has 0 N–H and O–H groups in total. The lowest BCUT2D eigenvalue weighted by Crippen LogP contribution is -2.27. The van der Waals surface area contributed by atoms with Crippen molar-refractivity contribution in [2.75, 3.05) is 13.1 Å². The van der Waals surface area contributed by atoms with E-state index in [0.29, 0.717) is 5.76 Å².